The number of hydrogen-bond acceptors (Lipinski definition) is 4. The van der Waals surface area contributed by atoms with Crippen LogP contribution < -0.4 is 0 Å². The van der Waals surface area contributed by atoms with E-state index in [9.17, 15) is 9.59 Å². The van der Waals surface area contributed by atoms with Crippen molar-refractivity contribution in [1.82, 2.24) is 14.9 Å². The zero-order valence-electron chi connectivity index (χ0n) is 16.3. The Balaban J connectivity index is 2.05. The number of amides is 1. The molecule has 0 aliphatic heterocycles. The summed E-state index contributed by atoms with van der Waals surface area (Å²) >= 11 is 0. The maximum absolute atomic E-state index is 12.5. The Labute approximate surface area is 160 Å². The quantitative estimate of drug-likeness (QED) is 0.573. The van der Waals surface area contributed by atoms with Gasteiger partial charge in [-0.3, -0.25) is 4.79 Å². The number of likely N-dealkylation sites (N-methyl/N-ethyl adjacent to an activating group) is 1. The van der Waals surface area contributed by atoms with E-state index in [1.165, 1.54) is 30.0 Å². The molecule has 0 radical (unpaired) electrons. The third-order valence-electron chi connectivity index (χ3n) is 4.30. The molecule has 2 aromatic rings. The molecule has 0 fully saturated rings. The number of rotatable bonds is 8. The Kier molecular flexibility index (Phi) is 7.34. The van der Waals surface area contributed by atoms with Gasteiger partial charge in [-0.25, -0.2) is 9.78 Å². The maximum Gasteiger partial charge on any atom is 0.328 e. The summed E-state index contributed by atoms with van der Waals surface area (Å²) < 4.78 is 4.85. The molecule has 2 rings (SSSR count). The van der Waals surface area contributed by atoms with Crippen molar-refractivity contribution < 1.29 is 14.3 Å². The minimum atomic E-state index is -0.721. The van der Waals surface area contributed by atoms with Gasteiger partial charge in [0, 0.05) is 31.4 Å². The van der Waals surface area contributed by atoms with Crippen LogP contribution in [-0.2, 0) is 27.2 Å². The standard InChI is InChI=1S/C21H27N3O3/c1-15(2)11-17-7-5-16(6-8-17)9-10-20(25)24(3)19(21(26)27-4)12-18-13-22-14-23-18/h5-10,13-15,19H,11-12H2,1-4H3,(H,22,23)/t19-/m0/s1. The molecule has 1 atom stereocenters. The first-order valence-corrected chi connectivity index (χ1v) is 8.99. The summed E-state index contributed by atoms with van der Waals surface area (Å²) in [6.07, 6.45) is 7.73. The van der Waals surface area contributed by atoms with E-state index >= 15 is 0 Å². The molecule has 6 heteroatoms. The van der Waals surface area contributed by atoms with Gasteiger partial charge in [0.15, 0.2) is 0 Å². The van der Waals surface area contributed by atoms with Crippen molar-refractivity contribution in [1.29, 1.82) is 0 Å². The molecule has 1 aromatic heterocycles. The van der Waals surface area contributed by atoms with Crippen LogP contribution in [-0.4, -0.2) is 46.9 Å². The highest BCUT2D eigenvalue weighted by Gasteiger charge is 2.27. The number of methoxy groups -OCH3 is 1. The van der Waals surface area contributed by atoms with Crippen LogP contribution in [0.2, 0.25) is 0 Å². The number of H-pyrrole nitrogens is 1. The second kappa shape index (κ2) is 9.71. The van der Waals surface area contributed by atoms with Crippen molar-refractivity contribution in [2.75, 3.05) is 14.2 Å². The first kappa shape index (κ1) is 20.4. The second-order valence-corrected chi connectivity index (χ2v) is 6.94. The fraction of sp³-hybridized carbons (Fsp3) is 0.381. The Morgan fingerprint density at radius 1 is 1.22 bits per heavy atom. The zero-order chi connectivity index (χ0) is 19.8. The molecule has 144 valence electrons. The minimum absolute atomic E-state index is 0.267. The van der Waals surface area contributed by atoms with Gasteiger partial charge >= 0.3 is 5.97 Å². The van der Waals surface area contributed by atoms with Gasteiger partial charge in [-0.2, -0.15) is 0 Å². The summed E-state index contributed by atoms with van der Waals surface area (Å²) in [5.41, 5.74) is 2.97. The molecule has 0 aliphatic rings. The van der Waals surface area contributed by atoms with E-state index in [2.05, 4.69) is 35.9 Å². The predicted octanol–water partition coefficient (Wildman–Crippen LogP) is 2.86. The molecule has 1 N–H and O–H groups in total. The van der Waals surface area contributed by atoms with Crippen LogP contribution in [0.25, 0.3) is 6.08 Å². The highest BCUT2D eigenvalue weighted by atomic mass is 16.5. The van der Waals surface area contributed by atoms with Gasteiger partial charge in [0.1, 0.15) is 6.04 Å². The highest BCUT2D eigenvalue weighted by molar-refractivity contribution is 5.94. The van der Waals surface area contributed by atoms with Gasteiger partial charge in [0.25, 0.3) is 0 Å². The van der Waals surface area contributed by atoms with Gasteiger partial charge in [-0.05, 0) is 29.5 Å². The van der Waals surface area contributed by atoms with E-state index in [-0.39, 0.29) is 5.91 Å². The number of carbonyl (C=O) groups excluding carboxylic acids is 2. The molecule has 0 saturated heterocycles. The zero-order valence-corrected chi connectivity index (χ0v) is 16.3. The molecule has 1 aromatic carbocycles. The number of imidazole rings is 1. The molecule has 0 aliphatic carbocycles. The lowest BCUT2D eigenvalue weighted by Crippen LogP contribution is -2.43. The average molecular weight is 369 g/mol. The summed E-state index contributed by atoms with van der Waals surface area (Å²) in [7, 11) is 2.91. The Morgan fingerprint density at radius 2 is 1.93 bits per heavy atom. The van der Waals surface area contributed by atoms with Crippen molar-refractivity contribution in [2.24, 2.45) is 5.92 Å². The van der Waals surface area contributed by atoms with Crippen molar-refractivity contribution in [3.63, 3.8) is 0 Å². The smallest absolute Gasteiger partial charge is 0.328 e. The van der Waals surface area contributed by atoms with Gasteiger partial charge < -0.3 is 14.6 Å². The third-order valence-corrected chi connectivity index (χ3v) is 4.30. The summed E-state index contributed by atoms with van der Waals surface area (Å²) in [6, 6.07) is 7.40. The summed E-state index contributed by atoms with van der Waals surface area (Å²) in [5.74, 6) is -0.130. The van der Waals surface area contributed by atoms with Crippen molar-refractivity contribution in [3.8, 4) is 0 Å². The van der Waals surface area contributed by atoms with Crippen LogP contribution >= 0.6 is 0 Å². The molecule has 27 heavy (non-hydrogen) atoms. The lowest BCUT2D eigenvalue weighted by Gasteiger charge is -2.24. The summed E-state index contributed by atoms with van der Waals surface area (Å²) in [6.45, 7) is 4.37. The number of hydrogen-bond donors (Lipinski definition) is 1. The normalized spacial score (nSPS) is 12.3. The van der Waals surface area contributed by atoms with Crippen LogP contribution in [0.15, 0.2) is 42.9 Å². The molecule has 1 heterocycles. The van der Waals surface area contributed by atoms with Gasteiger partial charge in [0.05, 0.1) is 13.4 Å². The topological polar surface area (TPSA) is 75.3 Å². The first-order valence-electron chi connectivity index (χ1n) is 8.99. The van der Waals surface area contributed by atoms with Gasteiger partial charge in [0.2, 0.25) is 5.91 Å². The molecular formula is C21H27N3O3. The van der Waals surface area contributed by atoms with Crippen LogP contribution in [0.1, 0.15) is 30.7 Å². The average Bonchev–Trinajstić information content (AvgIpc) is 3.17. The highest BCUT2D eigenvalue weighted by Crippen LogP contribution is 2.12. The number of ether oxygens (including phenoxy) is 1. The number of aromatic nitrogens is 2. The van der Waals surface area contributed by atoms with E-state index in [0.29, 0.717) is 12.3 Å². The summed E-state index contributed by atoms with van der Waals surface area (Å²) in [4.78, 5) is 32.9. The van der Waals surface area contributed by atoms with Crippen molar-refractivity contribution in [3.05, 3.63) is 59.7 Å². The second-order valence-electron chi connectivity index (χ2n) is 6.94. The molecule has 0 spiro atoms. The van der Waals surface area contributed by atoms with Crippen molar-refractivity contribution in [2.45, 2.75) is 32.7 Å². The van der Waals surface area contributed by atoms with Crippen LogP contribution in [0, 0.1) is 5.92 Å². The monoisotopic (exact) mass is 369 g/mol. The minimum Gasteiger partial charge on any atom is -0.467 e. The number of aromatic amines is 1. The molecule has 6 nitrogen and oxygen atoms in total. The van der Waals surface area contributed by atoms with Crippen LogP contribution in [0.4, 0.5) is 0 Å². The summed E-state index contributed by atoms with van der Waals surface area (Å²) in [5, 5.41) is 0. The SMILES string of the molecule is COC(=O)[C@H](Cc1cnc[nH]1)N(C)C(=O)C=Cc1ccc(CC(C)C)cc1. The van der Waals surface area contributed by atoms with E-state index < -0.39 is 12.0 Å². The van der Waals surface area contributed by atoms with Crippen molar-refractivity contribution >= 4 is 18.0 Å². The maximum atomic E-state index is 12.5. The largest absolute Gasteiger partial charge is 0.467 e. The Morgan fingerprint density at radius 3 is 2.48 bits per heavy atom. The number of benzene rings is 1. The Hall–Kier alpha value is -2.89. The third kappa shape index (κ3) is 6.09. The molecular weight excluding hydrogens is 342 g/mol. The number of esters is 1. The van der Waals surface area contributed by atoms with E-state index in [4.69, 9.17) is 4.74 Å². The fourth-order valence-electron chi connectivity index (χ4n) is 2.79. The van der Waals surface area contributed by atoms with E-state index in [1.54, 1.807) is 19.3 Å². The lowest BCUT2D eigenvalue weighted by molar-refractivity contribution is -0.150. The molecule has 0 saturated carbocycles. The van der Waals surface area contributed by atoms with Crippen LogP contribution in [0.3, 0.4) is 0 Å². The lowest BCUT2D eigenvalue weighted by atomic mass is 10.0. The Bertz CT molecular complexity index is 764. The first-order chi connectivity index (χ1) is 12.9. The van der Waals surface area contributed by atoms with Gasteiger partial charge in [-0.1, -0.05) is 38.1 Å². The van der Waals surface area contributed by atoms with Crippen LogP contribution in [0.5, 0.6) is 0 Å². The predicted molar refractivity (Wildman–Crippen MR) is 105 cm³/mol. The molecule has 0 unspecified atom stereocenters. The van der Waals surface area contributed by atoms with E-state index in [0.717, 1.165) is 17.7 Å². The number of nitrogens with one attached hydrogen (secondary N) is 1. The molecule has 1 amide bonds. The molecule has 0 bridgehead atoms. The van der Waals surface area contributed by atoms with Gasteiger partial charge in [-0.15, -0.1) is 0 Å². The number of carbonyl (C=O) groups is 2. The fourth-order valence-corrected chi connectivity index (χ4v) is 2.79. The van der Waals surface area contributed by atoms with E-state index in [1.807, 2.05) is 12.1 Å². The number of nitrogens with zero attached hydrogens (tertiary/aromatic N) is 2.